The minimum absolute atomic E-state index is 0. The average molecular weight is 427 g/mol. The number of nitrogens with zero attached hydrogens (tertiary/aromatic N) is 2. The van der Waals surface area contributed by atoms with Gasteiger partial charge in [-0.25, -0.2) is 9.78 Å². The Hall–Kier alpha value is -2.39. The van der Waals surface area contributed by atoms with E-state index in [1.165, 1.54) is 7.05 Å². The van der Waals surface area contributed by atoms with Crippen LogP contribution in [0.5, 0.6) is 0 Å². The maximum atomic E-state index is 13.4. The van der Waals surface area contributed by atoms with Crippen LogP contribution in [0.2, 0.25) is 0 Å². The van der Waals surface area contributed by atoms with Crippen LogP contribution in [0.25, 0.3) is 0 Å². The molecule has 0 saturated carbocycles. The van der Waals surface area contributed by atoms with Gasteiger partial charge < -0.3 is 21.3 Å². The summed E-state index contributed by atoms with van der Waals surface area (Å²) in [5, 5.41) is 11.0. The number of halogens is 1. The third-order valence-electron chi connectivity index (χ3n) is 4.94. The van der Waals surface area contributed by atoms with Gasteiger partial charge in [-0.15, -0.1) is 12.4 Å². The quantitative estimate of drug-likeness (QED) is 0.505. The molecule has 1 aromatic heterocycles. The van der Waals surface area contributed by atoms with Crippen LogP contribution in [0.1, 0.15) is 26.3 Å². The van der Waals surface area contributed by atoms with Gasteiger partial charge in [-0.05, 0) is 37.9 Å². The SMILES string of the molecule is CNC(=O)NCC1Cc2cccnc2N1C(=O)[C@@H](NC(=O)C(C)NC)C(C)C.Cl. The molecular weight excluding hydrogens is 396 g/mol. The van der Waals surface area contributed by atoms with Crippen molar-refractivity contribution >= 4 is 36.1 Å². The molecule has 2 heterocycles. The maximum Gasteiger partial charge on any atom is 0.314 e. The van der Waals surface area contributed by atoms with Gasteiger partial charge >= 0.3 is 6.03 Å². The molecule has 0 radical (unpaired) electrons. The molecule has 2 rings (SSSR count). The Balaban J connectivity index is 0.00000420. The van der Waals surface area contributed by atoms with Crippen LogP contribution in [-0.4, -0.2) is 61.6 Å². The molecule has 0 fully saturated rings. The number of carbonyl (C=O) groups excluding carboxylic acids is 3. The molecule has 0 spiro atoms. The van der Waals surface area contributed by atoms with E-state index in [-0.39, 0.29) is 48.8 Å². The molecule has 29 heavy (non-hydrogen) atoms. The first-order valence-electron chi connectivity index (χ1n) is 9.50. The molecule has 3 atom stereocenters. The number of hydrogen-bond donors (Lipinski definition) is 4. The van der Waals surface area contributed by atoms with E-state index in [1.807, 2.05) is 26.0 Å². The van der Waals surface area contributed by atoms with Crippen LogP contribution in [0.3, 0.4) is 0 Å². The fourth-order valence-corrected chi connectivity index (χ4v) is 3.14. The summed E-state index contributed by atoms with van der Waals surface area (Å²) < 4.78 is 0. The smallest absolute Gasteiger partial charge is 0.314 e. The molecule has 1 aromatic rings. The van der Waals surface area contributed by atoms with Crippen molar-refractivity contribution < 1.29 is 14.4 Å². The molecular formula is C19H31ClN6O3. The summed E-state index contributed by atoms with van der Waals surface area (Å²) in [5.41, 5.74) is 0.942. The van der Waals surface area contributed by atoms with Gasteiger partial charge in [0, 0.05) is 19.8 Å². The molecule has 0 saturated heterocycles. The number of fused-ring (bicyclic) bond motifs is 1. The van der Waals surface area contributed by atoms with Crippen LogP contribution < -0.4 is 26.2 Å². The van der Waals surface area contributed by atoms with Crippen molar-refractivity contribution in [2.75, 3.05) is 25.5 Å². The number of likely N-dealkylation sites (N-methyl/N-ethyl adjacent to an activating group) is 1. The Bertz CT molecular complexity index is 730. The van der Waals surface area contributed by atoms with Gasteiger partial charge in [0.15, 0.2) is 0 Å². The molecule has 4 N–H and O–H groups in total. The molecule has 1 aliphatic rings. The number of carbonyl (C=O) groups is 3. The number of aromatic nitrogens is 1. The van der Waals surface area contributed by atoms with Crippen LogP contribution in [-0.2, 0) is 16.0 Å². The second-order valence-electron chi connectivity index (χ2n) is 7.25. The van der Waals surface area contributed by atoms with E-state index >= 15 is 0 Å². The predicted molar refractivity (Wildman–Crippen MR) is 114 cm³/mol. The number of hydrogen-bond acceptors (Lipinski definition) is 5. The number of rotatable bonds is 7. The Morgan fingerprint density at radius 3 is 2.52 bits per heavy atom. The minimum atomic E-state index is -0.696. The number of anilines is 1. The van der Waals surface area contributed by atoms with Gasteiger partial charge in [0.25, 0.3) is 5.91 Å². The van der Waals surface area contributed by atoms with Crippen molar-refractivity contribution in [3.63, 3.8) is 0 Å². The Morgan fingerprint density at radius 1 is 1.24 bits per heavy atom. The van der Waals surface area contributed by atoms with Gasteiger partial charge in [0.05, 0.1) is 12.1 Å². The van der Waals surface area contributed by atoms with Gasteiger partial charge in [0.1, 0.15) is 11.9 Å². The highest BCUT2D eigenvalue weighted by Gasteiger charge is 2.39. The summed E-state index contributed by atoms with van der Waals surface area (Å²) in [6.45, 7) is 5.80. The van der Waals surface area contributed by atoms with Gasteiger partial charge in [0.2, 0.25) is 5.91 Å². The summed E-state index contributed by atoms with van der Waals surface area (Å²) in [6.07, 6.45) is 2.23. The van der Waals surface area contributed by atoms with Crippen molar-refractivity contribution in [1.82, 2.24) is 26.3 Å². The first-order valence-corrected chi connectivity index (χ1v) is 9.50. The normalized spacial score (nSPS) is 17.0. The van der Waals surface area contributed by atoms with Crippen molar-refractivity contribution in [2.45, 2.75) is 45.3 Å². The lowest BCUT2D eigenvalue weighted by molar-refractivity contribution is -0.129. The van der Waals surface area contributed by atoms with Crippen LogP contribution in [0, 0.1) is 5.92 Å². The topological polar surface area (TPSA) is 115 Å². The summed E-state index contributed by atoms with van der Waals surface area (Å²) in [7, 11) is 3.23. The van der Waals surface area contributed by atoms with E-state index in [1.54, 1.807) is 25.1 Å². The van der Waals surface area contributed by atoms with Crippen molar-refractivity contribution in [1.29, 1.82) is 0 Å². The summed E-state index contributed by atoms with van der Waals surface area (Å²) in [5.74, 6) is 0.00132. The number of amides is 4. The molecule has 10 heteroatoms. The first-order chi connectivity index (χ1) is 13.3. The Labute approximate surface area is 177 Å². The van der Waals surface area contributed by atoms with Crippen LogP contribution in [0.4, 0.5) is 10.6 Å². The van der Waals surface area contributed by atoms with Crippen LogP contribution in [0.15, 0.2) is 18.3 Å². The molecule has 9 nitrogen and oxygen atoms in total. The standard InChI is InChI=1S/C19H30N6O3.ClH/c1-11(2)15(24-17(26)12(3)20-4)18(27)25-14(10-23-19(28)21-5)9-13-7-6-8-22-16(13)25;/h6-8,11-12,14-15,20H,9-10H2,1-5H3,(H,24,26)(H2,21,23,28);1H/t12?,14?,15-;/m0./s1. The largest absolute Gasteiger partial charge is 0.343 e. The predicted octanol–water partition coefficient (Wildman–Crippen LogP) is 0.439. The van der Waals surface area contributed by atoms with E-state index in [2.05, 4.69) is 26.3 Å². The third-order valence-corrected chi connectivity index (χ3v) is 4.94. The van der Waals surface area contributed by atoms with E-state index < -0.39 is 12.1 Å². The maximum absolute atomic E-state index is 13.4. The van der Waals surface area contributed by atoms with Gasteiger partial charge in [-0.3, -0.25) is 14.5 Å². The highest BCUT2D eigenvalue weighted by molar-refractivity contribution is 6.01. The molecule has 1 aliphatic heterocycles. The van der Waals surface area contributed by atoms with E-state index in [4.69, 9.17) is 0 Å². The lowest BCUT2D eigenvalue weighted by atomic mass is 10.0. The average Bonchev–Trinajstić information content (AvgIpc) is 3.06. The monoisotopic (exact) mass is 426 g/mol. The molecule has 0 bridgehead atoms. The molecule has 0 aliphatic carbocycles. The highest BCUT2D eigenvalue weighted by Crippen LogP contribution is 2.31. The van der Waals surface area contributed by atoms with Crippen molar-refractivity contribution in [3.05, 3.63) is 23.9 Å². The lowest BCUT2D eigenvalue weighted by Gasteiger charge is -2.31. The van der Waals surface area contributed by atoms with Crippen molar-refractivity contribution in [3.8, 4) is 0 Å². The van der Waals surface area contributed by atoms with E-state index in [9.17, 15) is 14.4 Å². The summed E-state index contributed by atoms with van der Waals surface area (Å²) >= 11 is 0. The van der Waals surface area contributed by atoms with E-state index in [0.29, 0.717) is 12.2 Å². The zero-order chi connectivity index (χ0) is 20.8. The molecule has 2 unspecified atom stereocenters. The second-order valence-corrected chi connectivity index (χ2v) is 7.25. The summed E-state index contributed by atoms with van der Waals surface area (Å²) in [4.78, 5) is 43.4. The number of urea groups is 1. The highest BCUT2D eigenvalue weighted by atomic mass is 35.5. The number of nitrogens with one attached hydrogen (secondary N) is 4. The number of pyridine rings is 1. The van der Waals surface area contributed by atoms with Gasteiger partial charge in [-0.2, -0.15) is 0 Å². The van der Waals surface area contributed by atoms with Gasteiger partial charge in [-0.1, -0.05) is 19.9 Å². The van der Waals surface area contributed by atoms with Crippen molar-refractivity contribution in [2.24, 2.45) is 5.92 Å². The zero-order valence-electron chi connectivity index (χ0n) is 17.5. The minimum Gasteiger partial charge on any atom is -0.343 e. The second kappa shape index (κ2) is 11.0. The molecule has 162 valence electrons. The molecule has 0 aromatic carbocycles. The third kappa shape index (κ3) is 5.80. The fourth-order valence-electron chi connectivity index (χ4n) is 3.14. The zero-order valence-corrected chi connectivity index (χ0v) is 18.3. The van der Waals surface area contributed by atoms with Crippen LogP contribution >= 0.6 is 12.4 Å². The first kappa shape index (κ1) is 24.6. The van der Waals surface area contributed by atoms with E-state index in [0.717, 1.165) is 5.56 Å². The fraction of sp³-hybridized carbons (Fsp3) is 0.579. The Morgan fingerprint density at radius 2 is 1.93 bits per heavy atom. The summed E-state index contributed by atoms with van der Waals surface area (Å²) in [6, 6.07) is 2.06. The Kier molecular flexibility index (Phi) is 9.32. The lowest BCUT2D eigenvalue weighted by Crippen LogP contribution is -2.57. The molecule has 4 amide bonds.